The average Bonchev–Trinajstić information content (AvgIpc) is 1.65. The van der Waals surface area contributed by atoms with E-state index >= 15 is 0 Å². The lowest BCUT2D eigenvalue weighted by Crippen LogP contribution is -2.37. The van der Waals surface area contributed by atoms with Crippen molar-refractivity contribution in [2.45, 2.75) is 112 Å². The summed E-state index contributed by atoms with van der Waals surface area (Å²) in [4.78, 5) is 84.1. The molecule has 33 nitrogen and oxygen atoms in total. The molecule has 3 saturated heterocycles. The van der Waals surface area contributed by atoms with Gasteiger partial charge in [-0.1, -0.05) is 41.5 Å². The lowest BCUT2D eigenvalue weighted by atomic mass is 10.0. The van der Waals surface area contributed by atoms with Gasteiger partial charge in [0.2, 0.25) is 17.2 Å². The number of cyclic esters (lactones) is 3. The van der Waals surface area contributed by atoms with Crippen molar-refractivity contribution in [1.29, 1.82) is 0 Å². The summed E-state index contributed by atoms with van der Waals surface area (Å²) in [7, 11) is 0. The van der Waals surface area contributed by atoms with Crippen LogP contribution in [-0.4, -0.2) is 212 Å². The second kappa shape index (κ2) is 44.7. The number of halogens is 1. The molecule has 0 saturated carbocycles. The molecular weight excluding hydrogens is 1420 g/mol. The van der Waals surface area contributed by atoms with E-state index in [0.717, 1.165) is 22.8 Å². The monoisotopic (exact) mass is 1520 g/mol. The highest BCUT2D eigenvalue weighted by Crippen LogP contribution is 2.30. The van der Waals surface area contributed by atoms with Crippen molar-refractivity contribution in [3.8, 4) is 23.0 Å². The summed E-state index contributed by atoms with van der Waals surface area (Å²) in [6.07, 6.45) is 10.2. The molecule has 3 aliphatic heterocycles. The predicted molar refractivity (Wildman–Crippen MR) is 402 cm³/mol. The van der Waals surface area contributed by atoms with E-state index in [0.29, 0.717) is 184 Å². The lowest BCUT2D eigenvalue weighted by Gasteiger charge is -2.23. The van der Waals surface area contributed by atoms with Crippen LogP contribution in [0.25, 0.3) is 0 Å². The maximum atomic E-state index is 12.4. The molecule has 0 spiro atoms. The fourth-order valence-corrected chi connectivity index (χ4v) is 10.7. The first-order chi connectivity index (χ1) is 52.2. The van der Waals surface area contributed by atoms with Gasteiger partial charge >= 0.3 is 18.3 Å². The van der Waals surface area contributed by atoms with E-state index in [1.54, 1.807) is 65.2 Å². The van der Waals surface area contributed by atoms with Crippen LogP contribution in [0.2, 0.25) is 5.28 Å². The van der Waals surface area contributed by atoms with Crippen LogP contribution in [0.5, 0.6) is 23.0 Å². The van der Waals surface area contributed by atoms with Crippen molar-refractivity contribution in [2.75, 3.05) is 151 Å². The number of aromatic nitrogens is 10. The summed E-state index contributed by atoms with van der Waals surface area (Å²) in [6, 6.07) is 19.2. The number of ether oxygens (including phenoxy) is 13. The van der Waals surface area contributed by atoms with E-state index in [-0.39, 0.29) is 65.5 Å². The zero-order valence-corrected chi connectivity index (χ0v) is 63.7. The van der Waals surface area contributed by atoms with Crippen LogP contribution in [-0.2, 0) is 42.6 Å². The van der Waals surface area contributed by atoms with E-state index in [9.17, 15) is 14.4 Å². The van der Waals surface area contributed by atoms with Gasteiger partial charge in [-0.3, -0.25) is 34.6 Å². The minimum atomic E-state index is -0.404. The highest BCUT2D eigenvalue weighted by molar-refractivity contribution is 6.28. The minimum Gasteiger partial charge on any atom is -0.490 e. The Balaban J connectivity index is 0.000000256. The number of carbonyl (C=O) groups is 3. The first-order valence-electron chi connectivity index (χ1n) is 36.1. The Labute approximate surface area is 635 Å². The molecule has 0 unspecified atom stereocenters. The normalized spacial score (nSPS) is 16.6. The van der Waals surface area contributed by atoms with Crippen molar-refractivity contribution in [1.82, 2.24) is 49.8 Å². The number of anilines is 5. The standard InChI is InChI=1S/C42H56N10O9.C22H34N4O5.C10H12ClN3O2/c1-27(2)35-25-60-41(53)51(35)37-11-13-43-39(49-37)47-29(5)33-9-7-31(23-45-33)58-21-19-56-17-15-55-16-18-57-20-22-59-32-8-10-34(46-24-32)30(6)48-40-44-14-12-38(50-40)52-36(28(3)4)26-61-42(52)54;1-17(23)21-5-3-19(15-25-21)30-13-11-28-9-7-27-8-10-29-12-14-31-20-4-6-22(18(2)24)26-16-20;1-6(2)7-5-16-10(15)14(7)8-3-4-12-9(11)13-8/h7-14,23-24,27-30,35-36H,15-22,25-26H2,1-6H3,(H,43,47,49)(H,44,48,50);3-6,15-18H,7-14,23-24H2,1-2H3;3-4,6-7H,5H2,1-2H3/t29-,30-,35+,36+;17-,18-;7-/m001/s1. The second-order valence-electron chi connectivity index (χ2n) is 26.0. The quantitative estimate of drug-likeness (QED) is 0.0157. The number of nitrogens with two attached hydrogens (primary N) is 2. The molecule has 10 heterocycles. The van der Waals surface area contributed by atoms with Gasteiger partial charge in [0.25, 0.3) is 0 Å². The fourth-order valence-electron chi connectivity index (χ4n) is 10.6. The van der Waals surface area contributed by atoms with Gasteiger partial charge < -0.3 is 83.7 Å². The lowest BCUT2D eigenvalue weighted by molar-refractivity contribution is 0.00496. The van der Waals surface area contributed by atoms with Gasteiger partial charge in [-0.25, -0.2) is 34.3 Å². The third-order valence-corrected chi connectivity index (χ3v) is 16.9. The van der Waals surface area contributed by atoms with E-state index < -0.39 is 12.2 Å². The smallest absolute Gasteiger partial charge is 0.415 e. The van der Waals surface area contributed by atoms with Gasteiger partial charge in [-0.05, 0) is 124 Å². The first kappa shape index (κ1) is 84.0. The van der Waals surface area contributed by atoms with Crippen LogP contribution >= 0.6 is 11.6 Å². The first-order valence-corrected chi connectivity index (χ1v) is 36.5. The molecule has 10 rings (SSSR count). The molecule has 0 bridgehead atoms. The molecule has 7 aromatic rings. The molecule has 586 valence electrons. The van der Waals surface area contributed by atoms with Crippen molar-refractivity contribution in [3.05, 3.63) is 138 Å². The zero-order chi connectivity index (χ0) is 77.2. The number of rotatable bonds is 42. The molecule has 7 atom stereocenters. The van der Waals surface area contributed by atoms with Gasteiger partial charge in [0.1, 0.15) is 86.7 Å². The molecule has 7 aromatic heterocycles. The summed E-state index contributed by atoms with van der Waals surface area (Å²) in [6.45, 7) is 28.1. The summed E-state index contributed by atoms with van der Waals surface area (Å²) < 4.78 is 71.4. The van der Waals surface area contributed by atoms with Crippen molar-refractivity contribution in [3.63, 3.8) is 0 Å². The third-order valence-electron chi connectivity index (χ3n) is 16.7. The highest BCUT2D eigenvalue weighted by atomic mass is 35.5. The number of hydrogen-bond acceptors (Lipinski definition) is 30. The largest absolute Gasteiger partial charge is 0.490 e. The SMILES string of the molecule is CC(C)[C@H]1COC(=O)N1c1ccnc(Cl)n1.CC(C)[C@H]1COC(=O)N1c1ccnc(N[C@@H](C)c2ccc(OCCOCCOCCOCCOc3ccc([C@H](C)Nc4nccc(N5C(=O)OC[C@@H]5C(C)C)n4)nc3)cn2)n1.C[C@H](N)c1ccc(OCCOCCOCCOCCOc2ccc([C@H](C)N)nc2)cn1. The highest BCUT2D eigenvalue weighted by Gasteiger charge is 2.40. The number of carbonyl (C=O) groups excluding carboxylic acids is 3. The van der Waals surface area contributed by atoms with E-state index in [2.05, 4.69) is 60.5 Å². The Morgan fingerprint density at radius 3 is 0.907 bits per heavy atom. The maximum absolute atomic E-state index is 12.4. The predicted octanol–water partition coefficient (Wildman–Crippen LogP) is 10.0. The number of nitrogens with zero attached hydrogens (tertiary/aromatic N) is 13. The van der Waals surface area contributed by atoms with Gasteiger partial charge in [-0.15, -0.1) is 0 Å². The number of hydrogen-bond donors (Lipinski definition) is 4. The average molecular weight is 1520 g/mol. The Morgan fingerprint density at radius 2 is 0.648 bits per heavy atom. The van der Waals surface area contributed by atoms with Crippen LogP contribution in [0.3, 0.4) is 0 Å². The Hall–Kier alpha value is -9.58. The molecular formula is C74H102ClN17O16. The van der Waals surface area contributed by atoms with Crippen LogP contribution in [0.1, 0.15) is 116 Å². The van der Waals surface area contributed by atoms with Crippen LogP contribution < -0.4 is 55.7 Å². The van der Waals surface area contributed by atoms with E-state index in [1.807, 2.05) is 118 Å². The molecule has 6 N–H and O–H groups in total. The number of nitrogens with one attached hydrogen (secondary N) is 2. The van der Waals surface area contributed by atoms with Gasteiger partial charge in [-0.2, -0.15) is 9.97 Å². The Kier molecular flexibility index (Phi) is 34.7. The van der Waals surface area contributed by atoms with Crippen LogP contribution in [0, 0.1) is 17.8 Å². The summed E-state index contributed by atoms with van der Waals surface area (Å²) >= 11 is 5.70. The van der Waals surface area contributed by atoms with Crippen molar-refractivity contribution < 1.29 is 76.0 Å². The number of pyridine rings is 4. The van der Waals surface area contributed by atoms with Gasteiger partial charge in [0.15, 0.2) is 0 Å². The maximum Gasteiger partial charge on any atom is 0.415 e. The number of amides is 3. The molecule has 0 radical (unpaired) electrons. The van der Waals surface area contributed by atoms with E-state index in [1.165, 1.54) is 11.1 Å². The van der Waals surface area contributed by atoms with Gasteiger partial charge in [0, 0.05) is 30.7 Å². The van der Waals surface area contributed by atoms with Crippen LogP contribution in [0.15, 0.2) is 110 Å². The molecule has 0 aromatic carbocycles. The van der Waals surface area contributed by atoms with Crippen LogP contribution in [0.4, 0.5) is 43.7 Å². The fraction of sp³-hybridized carbons (Fsp3) is 0.527. The molecule has 34 heteroatoms. The molecule has 3 amide bonds. The minimum absolute atomic E-state index is 0.00142. The molecule has 0 aliphatic carbocycles. The zero-order valence-electron chi connectivity index (χ0n) is 63.0. The van der Waals surface area contributed by atoms with Crippen molar-refractivity contribution >= 4 is 59.2 Å². The summed E-state index contributed by atoms with van der Waals surface area (Å²) in [5.74, 6) is 5.62. The Morgan fingerprint density at radius 1 is 0.380 bits per heavy atom. The molecule has 3 fully saturated rings. The second-order valence-corrected chi connectivity index (χ2v) is 26.3. The third kappa shape index (κ3) is 27.3. The van der Waals surface area contributed by atoms with E-state index in [4.69, 9.17) is 84.6 Å². The molecule has 108 heavy (non-hydrogen) atoms. The molecule has 3 aliphatic rings. The summed E-state index contributed by atoms with van der Waals surface area (Å²) in [5, 5.41) is 6.63. The summed E-state index contributed by atoms with van der Waals surface area (Å²) in [5.41, 5.74) is 14.8. The van der Waals surface area contributed by atoms with Gasteiger partial charge in [0.05, 0.1) is 157 Å². The Bertz CT molecular complexity index is 3590. The van der Waals surface area contributed by atoms with Crippen molar-refractivity contribution in [2.24, 2.45) is 29.2 Å². The topological polar surface area (TPSA) is 386 Å².